The first-order valence-electron chi connectivity index (χ1n) is 6.07. The first-order valence-corrected chi connectivity index (χ1v) is 6.07. The molecule has 4 nitrogen and oxygen atoms in total. The highest BCUT2D eigenvalue weighted by atomic mass is 16.5. The molecule has 0 aromatic carbocycles. The zero-order valence-electron chi connectivity index (χ0n) is 9.30. The molecule has 2 heterocycles. The van der Waals surface area contributed by atoms with E-state index in [1.54, 1.807) is 0 Å². The second kappa shape index (κ2) is 5.25. The van der Waals surface area contributed by atoms with Crippen molar-refractivity contribution < 1.29 is 9.84 Å². The fraction of sp³-hybridized carbons (Fsp3) is 1.00. The van der Waals surface area contributed by atoms with Crippen LogP contribution in [-0.2, 0) is 4.74 Å². The van der Waals surface area contributed by atoms with Crippen molar-refractivity contribution in [3.63, 3.8) is 0 Å². The summed E-state index contributed by atoms with van der Waals surface area (Å²) in [4.78, 5) is 0. The quantitative estimate of drug-likeness (QED) is 0.629. The van der Waals surface area contributed by atoms with Crippen LogP contribution in [0, 0.1) is 0 Å². The molecule has 0 aromatic rings. The van der Waals surface area contributed by atoms with Gasteiger partial charge in [0.15, 0.2) is 0 Å². The van der Waals surface area contributed by atoms with Crippen molar-refractivity contribution in [1.29, 1.82) is 0 Å². The van der Waals surface area contributed by atoms with E-state index in [0.29, 0.717) is 13.1 Å². The molecule has 2 rings (SSSR count). The molecule has 88 valence electrons. The van der Waals surface area contributed by atoms with Gasteiger partial charge in [0, 0.05) is 19.7 Å². The lowest BCUT2D eigenvalue weighted by molar-refractivity contribution is -0.0368. The summed E-state index contributed by atoms with van der Waals surface area (Å²) in [5.41, 5.74) is -0.570. The maximum Gasteiger partial charge on any atom is 0.108 e. The number of nitrogens with one attached hydrogen (secondary N) is 2. The van der Waals surface area contributed by atoms with E-state index in [9.17, 15) is 5.11 Å². The number of β-amino-alcohol motifs (C(OH)–C–C–N with tert-alkyl or cyclic N) is 1. The van der Waals surface area contributed by atoms with Crippen LogP contribution in [0.3, 0.4) is 0 Å². The molecule has 2 fully saturated rings. The number of ether oxygens (including phenoxy) is 1. The summed E-state index contributed by atoms with van der Waals surface area (Å²) in [5.74, 6) is 0. The van der Waals surface area contributed by atoms with Gasteiger partial charge in [-0.1, -0.05) is 0 Å². The van der Waals surface area contributed by atoms with Crippen LogP contribution in [0.2, 0.25) is 0 Å². The number of hydrogen-bond donors (Lipinski definition) is 3. The van der Waals surface area contributed by atoms with Crippen LogP contribution >= 0.6 is 0 Å². The summed E-state index contributed by atoms with van der Waals surface area (Å²) < 4.78 is 5.57. The van der Waals surface area contributed by atoms with Gasteiger partial charge in [-0.15, -0.1) is 0 Å². The van der Waals surface area contributed by atoms with Gasteiger partial charge in [0.2, 0.25) is 0 Å². The molecule has 0 radical (unpaired) electrons. The van der Waals surface area contributed by atoms with Crippen molar-refractivity contribution in [3.05, 3.63) is 0 Å². The molecule has 0 amide bonds. The Kier molecular flexibility index (Phi) is 3.97. The summed E-state index contributed by atoms with van der Waals surface area (Å²) in [6.07, 6.45) is 5.58. The highest BCUT2D eigenvalue weighted by Crippen LogP contribution is 2.16. The fourth-order valence-corrected chi connectivity index (χ4v) is 2.31. The van der Waals surface area contributed by atoms with Crippen LogP contribution in [0.5, 0.6) is 0 Å². The van der Waals surface area contributed by atoms with Crippen LogP contribution in [-0.4, -0.2) is 43.2 Å². The third-order valence-corrected chi connectivity index (χ3v) is 3.29. The molecule has 4 heteroatoms. The third-order valence-electron chi connectivity index (χ3n) is 3.29. The van der Waals surface area contributed by atoms with E-state index in [4.69, 9.17) is 4.74 Å². The molecule has 2 aliphatic rings. The Morgan fingerprint density at radius 3 is 3.00 bits per heavy atom. The highest BCUT2D eigenvalue weighted by molar-refractivity contribution is 4.87. The van der Waals surface area contributed by atoms with Gasteiger partial charge in [-0.2, -0.15) is 0 Å². The predicted octanol–water partition coefficient (Wildman–Crippen LogP) is 0.217. The first kappa shape index (κ1) is 11.3. The molecule has 15 heavy (non-hydrogen) atoms. The molecule has 0 spiro atoms. The Labute approximate surface area is 91.4 Å². The van der Waals surface area contributed by atoms with Crippen LogP contribution < -0.4 is 10.6 Å². The van der Waals surface area contributed by atoms with Crippen LogP contribution in [0.15, 0.2) is 0 Å². The number of piperidine rings is 1. The van der Waals surface area contributed by atoms with E-state index in [0.717, 1.165) is 32.4 Å². The van der Waals surface area contributed by atoms with Crippen molar-refractivity contribution in [3.8, 4) is 0 Å². The first-order chi connectivity index (χ1) is 7.29. The third kappa shape index (κ3) is 3.41. The molecule has 0 aromatic heterocycles. The Bertz CT molecular complexity index is 187. The minimum absolute atomic E-state index is 0.157. The van der Waals surface area contributed by atoms with E-state index < -0.39 is 5.60 Å². The fourth-order valence-electron chi connectivity index (χ4n) is 2.31. The van der Waals surface area contributed by atoms with Gasteiger partial charge in [-0.3, -0.25) is 5.32 Å². The molecule has 3 N–H and O–H groups in total. The van der Waals surface area contributed by atoms with Crippen molar-refractivity contribution in [2.45, 2.75) is 43.9 Å². The SMILES string of the molecule is OC1(CNC2CCCCO2)CCCNC1. The monoisotopic (exact) mass is 214 g/mol. The molecule has 2 aliphatic heterocycles. The average molecular weight is 214 g/mol. The maximum atomic E-state index is 10.2. The molecule has 0 aliphatic carbocycles. The average Bonchev–Trinajstić information content (AvgIpc) is 2.29. The summed E-state index contributed by atoms with van der Waals surface area (Å²) in [6, 6.07) is 0. The molecule has 2 unspecified atom stereocenters. The predicted molar refractivity (Wildman–Crippen MR) is 58.6 cm³/mol. The molecule has 0 saturated carbocycles. The normalized spacial score (nSPS) is 37.8. The van der Waals surface area contributed by atoms with E-state index in [1.807, 2.05) is 0 Å². The lowest BCUT2D eigenvalue weighted by Crippen LogP contribution is -2.54. The second-order valence-corrected chi connectivity index (χ2v) is 4.74. The molecular formula is C11H22N2O2. The van der Waals surface area contributed by atoms with Gasteiger partial charge in [0.1, 0.15) is 6.23 Å². The maximum absolute atomic E-state index is 10.2. The van der Waals surface area contributed by atoms with E-state index in [-0.39, 0.29) is 6.23 Å². The topological polar surface area (TPSA) is 53.5 Å². The molecular weight excluding hydrogens is 192 g/mol. The van der Waals surface area contributed by atoms with Gasteiger partial charge in [0.05, 0.1) is 5.60 Å². The Morgan fingerprint density at radius 1 is 1.40 bits per heavy atom. The second-order valence-electron chi connectivity index (χ2n) is 4.74. The lowest BCUT2D eigenvalue weighted by Gasteiger charge is -2.35. The minimum atomic E-state index is -0.570. The van der Waals surface area contributed by atoms with Crippen LogP contribution in [0.25, 0.3) is 0 Å². The van der Waals surface area contributed by atoms with Crippen LogP contribution in [0.4, 0.5) is 0 Å². The van der Waals surface area contributed by atoms with Gasteiger partial charge in [-0.25, -0.2) is 0 Å². The van der Waals surface area contributed by atoms with Gasteiger partial charge in [0.25, 0.3) is 0 Å². The van der Waals surface area contributed by atoms with Gasteiger partial charge in [-0.05, 0) is 38.6 Å². The highest BCUT2D eigenvalue weighted by Gasteiger charge is 2.29. The summed E-state index contributed by atoms with van der Waals surface area (Å²) in [6.45, 7) is 3.23. The smallest absolute Gasteiger partial charge is 0.108 e. The van der Waals surface area contributed by atoms with Crippen molar-refractivity contribution in [1.82, 2.24) is 10.6 Å². The lowest BCUT2D eigenvalue weighted by atomic mass is 9.94. The Balaban J connectivity index is 1.70. The van der Waals surface area contributed by atoms with Gasteiger partial charge < -0.3 is 15.2 Å². The zero-order chi connectivity index (χ0) is 10.6. The zero-order valence-corrected chi connectivity index (χ0v) is 9.30. The standard InChI is InChI=1S/C11H22N2O2/c14-11(5-3-6-12-8-11)9-13-10-4-1-2-7-15-10/h10,12-14H,1-9H2. The number of hydrogen-bond acceptors (Lipinski definition) is 4. The van der Waals surface area contributed by atoms with Gasteiger partial charge >= 0.3 is 0 Å². The molecule has 0 bridgehead atoms. The van der Waals surface area contributed by atoms with Crippen molar-refractivity contribution in [2.75, 3.05) is 26.2 Å². The van der Waals surface area contributed by atoms with Crippen LogP contribution in [0.1, 0.15) is 32.1 Å². The summed E-state index contributed by atoms with van der Waals surface area (Å²) >= 11 is 0. The summed E-state index contributed by atoms with van der Waals surface area (Å²) in [7, 11) is 0. The van der Waals surface area contributed by atoms with Crippen molar-refractivity contribution >= 4 is 0 Å². The van der Waals surface area contributed by atoms with E-state index in [2.05, 4.69) is 10.6 Å². The largest absolute Gasteiger partial charge is 0.387 e. The Hall–Kier alpha value is -0.160. The minimum Gasteiger partial charge on any atom is -0.387 e. The number of aliphatic hydroxyl groups is 1. The Morgan fingerprint density at radius 2 is 2.33 bits per heavy atom. The van der Waals surface area contributed by atoms with Crippen molar-refractivity contribution in [2.24, 2.45) is 0 Å². The van der Waals surface area contributed by atoms with E-state index in [1.165, 1.54) is 12.8 Å². The van der Waals surface area contributed by atoms with E-state index >= 15 is 0 Å². The summed E-state index contributed by atoms with van der Waals surface area (Å²) in [5, 5.41) is 16.8. The molecule has 2 saturated heterocycles. The number of rotatable bonds is 3. The molecule has 2 atom stereocenters.